The van der Waals surface area contributed by atoms with Gasteiger partial charge < -0.3 is 4.74 Å². The molecule has 1 heterocycles. The number of Topliss-reactive ketones (excluding diaryl/α,β-unsaturated/α-hetero) is 1. The van der Waals surface area contributed by atoms with E-state index in [1.807, 2.05) is 4.68 Å². The van der Waals surface area contributed by atoms with Crippen LogP contribution in [0.15, 0.2) is 24.3 Å². The van der Waals surface area contributed by atoms with Gasteiger partial charge >= 0.3 is 0 Å². The lowest BCUT2D eigenvalue weighted by molar-refractivity contribution is 0.0988. The Kier molecular flexibility index (Phi) is 4.46. The third-order valence-corrected chi connectivity index (χ3v) is 4.21. The highest BCUT2D eigenvalue weighted by Gasteiger charge is 2.21. The zero-order valence-electron chi connectivity index (χ0n) is 12.7. The van der Waals surface area contributed by atoms with Crippen LogP contribution in [0.2, 0.25) is 0 Å². The van der Waals surface area contributed by atoms with Crippen LogP contribution in [-0.4, -0.2) is 33.1 Å². The van der Waals surface area contributed by atoms with E-state index in [1.54, 1.807) is 31.4 Å². The van der Waals surface area contributed by atoms with E-state index in [9.17, 15) is 4.79 Å². The Bertz CT molecular complexity index is 630. The summed E-state index contributed by atoms with van der Waals surface area (Å²) in [5.74, 6) is 1.42. The van der Waals surface area contributed by atoms with Crippen LogP contribution < -0.4 is 4.74 Å². The van der Waals surface area contributed by atoms with E-state index < -0.39 is 0 Å². The van der Waals surface area contributed by atoms with Crippen LogP contribution in [0.1, 0.15) is 54.3 Å². The second-order valence-corrected chi connectivity index (χ2v) is 5.66. The van der Waals surface area contributed by atoms with Crippen LogP contribution in [0.5, 0.6) is 5.75 Å². The lowest BCUT2D eigenvalue weighted by atomic mass is 9.95. The van der Waals surface area contributed by atoms with E-state index in [0.29, 0.717) is 17.4 Å². The zero-order valence-corrected chi connectivity index (χ0v) is 12.7. The van der Waals surface area contributed by atoms with Crippen LogP contribution in [0.3, 0.4) is 0 Å². The van der Waals surface area contributed by atoms with E-state index in [4.69, 9.17) is 4.74 Å². The van der Waals surface area contributed by atoms with Crippen molar-refractivity contribution >= 4 is 5.78 Å². The Hall–Kier alpha value is -2.24. The fraction of sp³-hybridized carbons (Fsp3) is 0.500. The first-order valence-electron chi connectivity index (χ1n) is 7.72. The molecule has 6 heteroatoms. The van der Waals surface area contributed by atoms with Gasteiger partial charge in [0, 0.05) is 5.56 Å². The lowest BCUT2D eigenvalue weighted by Crippen LogP contribution is -2.19. The van der Waals surface area contributed by atoms with Crippen LogP contribution >= 0.6 is 0 Å². The summed E-state index contributed by atoms with van der Waals surface area (Å²) in [4.78, 5) is 12.4. The molecule has 1 aromatic heterocycles. The summed E-state index contributed by atoms with van der Waals surface area (Å²) in [6.07, 6.45) is 6.10. The topological polar surface area (TPSA) is 69.9 Å². The summed E-state index contributed by atoms with van der Waals surface area (Å²) in [5, 5.41) is 11.9. The highest BCUT2D eigenvalue weighted by molar-refractivity contribution is 5.97. The molecule has 1 fully saturated rings. The molecule has 1 aromatic carbocycles. The molecule has 1 aliphatic carbocycles. The third kappa shape index (κ3) is 3.16. The van der Waals surface area contributed by atoms with Crippen LogP contribution in [-0.2, 0) is 6.42 Å². The number of aromatic nitrogens is 4. The minimum absolute atomic E-state index is 0.0227. The van der Waals surface area contributed by atoms with Crippen molar-refractivity contribution in [2.45, 2.75) is 44.6 Å². The van der Waals surface area contributed by atoms with Crippen molar-refractivity contribution in [3.8, 4) is 5.75 Å². The smallest absolute Gasteiger partial charge is 0.170 e. The van der Waals surface area contributed by atoms with Crippen molar-refractivity contribution in [3.05, 3.63) is 35.7 Å². The Labute approximate surface area is 129 Å². The van der Waals surface area contributed by atoms with Crippen molar-refractivity contribution in [3.63, 3.8) is 0 Å². The first-order valence-corrected chi connectivity index (χ1v) is 7.72. The van der Waals surface area contributed by atoms with Gasteiger partial charge in [-0.25, -0.2) is 4.68 Å². The number of benzene rings is 1. The molecule has 0 spiro atoms. The van der Waals surface area contributed by atoms with Crippen molar-refractivity contribution in [2.75, 3.05) is 7.11 Å². The number of carbonyl (C=O) groups is 1. The monoisotopic (exact) mass is 300 g/mol. The van der Waals surface area contributed by atoms with Gasteiger partial charge in [-0.15, -0.1) is 5.10 Å². The van der Waals surface area contributed by atoms with E-state index in [2.05, 4.69) is 15.5 Å². The fourth-order valence-corrected chi connectivity index (χ4v) is 2.96. The lowest BCUT2D eigenvalue weighted by Gasteiger charge is -2.22. The molecule has 0 unspecified atom stereocenters. The largest absolute Gasteiger partial charge is 0.497 e. The van der Waals surface area contributed by atoms with Crippen LogP contribution in [0.25, 0.3) is 0 Å². The van der Waals surface area contributed by atoms with E-state index in [-0.39, 0.29) is 12.2 Å². The van der Waals surface area contributed by atoms with E-state index in [1.165, 1.54) is 19.3 Å². The first kappa shape index (κ1) is 14.7. The minimum atomic E-state index is 0.0227. The normalized spacial score (nSPS) is 15.7. The molecule has 0 saturated heterocycles. The van der Waals surface area contributed by atoms with Gasteiger partial charge in [0.25, 0.3) is 0 Å². The average molecular weight is 300 g/mol. The molecule has 0 aliphatic heterocycles. The maximum Gasteiger partial charge on any atom is 0.170 e. The van der Waals surface area contributed by atoms with Gasteiger partial charge in [-0.1, -0.05) is 19.3 Å². The van der Waals surface area contributed by atoms with E-state index >= 15 is 0 Å². The number of ketones is 1. The quantitative estimate of drug-likeness (QED) is 0.794. The summed E-state index contributed by atoms with van der Waals surface area (Å²) < 4.78 is 6.95. The van der Waals surface area contributed by atoms with Gasteiger partial charge in [0.2, 0.25) is 0 Å². The molecule has 6 nitrogen and oxygen atoms in total. The summed E-state index contributed by atoms with van der Waals surface area (Å²) in [6.45, 7) is 0. The number of rotatable bonds is 5. The van der Waals surface area contributed by atoms with Gasteiger partial charge in [0.1, 0.15) is 5.75 Å². The molecular formula is C16H20N4O2. The number of ether oxygens (including phenoxy) is 1. The maximum atomic E-state index is 12.4. The second kappa shape index (κ2) is 6.68. The van der Waals surface area contributed by atoms with Crippen LogP contribution in [0, 0.1) is 0 Å². The van der Waals surface area contributed by atoms with Crippen molar-refractivity contribution in [1.82, 2.24) is 20.2 Å². The first-order chi connectivity index (χ1) is 10.8. The number of carbonyl (C=O) groups excluding carboxylic acids is 1. The molecule has 0 N–H and O–H groups in total. The Morgan fingerprint density at radius 3 is 2.64 bits per heavy atom. The van der Waals surface area contributed by atoms with Gasteiger partial charge in [-0.3, -0.25) is 4.79 Å². The predicted molar refractivity (Wildman–Crippen MR) is 81.0 cm³/mol. The highest BCUT2D eigenvalue weighted by atomic mass is 16.5. The van der Waals surface area contributed by atoms with Gasteiger partial charge in [0.05, 0.1) is 19.6 Å². The van der Waals surface area contributed by atoms with Gasteiger partial charge in [-0.05, 0) is 47.5 Å². The van der Waals surface area contributed by atoms with E-state index in [0.717, 1.165) is 18.6 Å². The van der Waals surface area contributed by atoms with Gasteiger partial charge in [-0.2, -0.15) is 0 Å². The molecule has 1 saturated carbocycles. The minimum Gasteiger partial charge on any atom is -0.497 e. The van der Waals surface area contributed by atoms with Crippen LogP contribution in [0.4, 0.5) is 0 Å². The highest BCUT2D eigenvalue weighted by Crippen LogP contribution is 2.28. The van der Waals surface area contributed by atoms with Crippen molar-refractivity contribution in [2.24, 2.45) is 0 Å². The summed E-state index contributed by atoms with van der Waals surface area (Å²) in [5.41, 5.74) is 0.652. The predicted octanol–water partition coefficient (Wildman–Crippen LogP) is 2.61. The number of tetrazole rings is 1. The molecular weight excluding hydrogens is 280 g/mol. The number of methoxy groups -OCH3 is 1. The molecule has 2 aromatic rings. The Morgan fingerprint density at radius 2 is 1.95 bits per heavy atom. The fourth-order valence-electron chi connectivity index (χ4n) is 2.96. The maximum absolute atomic E-state index is 12.4. The molecule has 22 heavy (non-hydrogen) atoms. The molecule has 0 atom stereocenters. The summed E-state index contributed by atoms with van der Waals surface area (Å²) in [6, 6.07) is 7.46. The third-order valence-electron chi connectivity index (χ3n) is 4.21. The SMILES string of the molecule is COc1ccc(C(=O)Cc2nnnn2C2CCCCC2)cc1. The molecule has 3 rings (SSSR count). The van der Waals surface area contributed by atoms with Gasteiger partial charge in [0.15, 0.2) is 11.6 Å². The van der Waals surface area contributed by atoms with Crippen molar-refractivity contribution in [1.29, 1.82) is 0 Å². The molecule has 0 bridgehead atoms. The number of hydrogen-bond acceptors (Lipinski definition) is 5. The number of hydrogen-bond donors (Lipinski definition) is 0. The summed E-state index contributed by atoms with van der Waals surface area (Å²) >= 11 is 0. The number of nitrogens with zero attached hydrogens (tertiary/aromatic N) is 4. The Morgan fingerprint density at radius 1 is 1.23 bits per heavy atom. The Balaban J connectivity index is 1.72. The summed E-state index contributed by atoms with van der Waals surface area (Å²) in [7, 11) is 1.61. The molecule has 0 amide bonds. The zero-order chi connectivity index (χ0) is 15.4. The molecule has 0 radical (unpaired) electrons. The average Bonchev–Trinajstić information content (AvgIpc) is 3.04. The second-order valence-electron chi connectivity index (χ2n) is 5.66. The molecule has 1 aliphatic rings. The standard InChI is InChI=1S/C16H20N4O2/c1-22-14-9-7-12(8-10-14)15(21)11-16-17-18-19-20(16)13-5-3-2-4-6-13/h7-10,13H,2-6,11H2,1H3. The molecule has 116 valence electrons. The van der Waals surface area contributed by atoms with Crippen molar-refractivity contribution < 1.29 is 9.53 Å².